The molecule has 8 heteroatoms. The molecule has 0 aliphatic rings. The van der Waals surface area contributed by atoms with Crippen LogP contribution in [0.25, 0.3) is 0 Å². The van der Waals surface area contributed by atoms with Gasteiger partial charge in [0.2, 0.25) is 11.3 Å². The molecule has 0 aliphatic carbocycles. The summed E-state index contributed by atoms with van der Waals surface area (Å²) in [6, 6.07) is 0. The van der Waals surface area contributed by atoms with Crippen LogP contribution in [0.4, 0.5) is 0 Å². The predicted octanol–water partition coefficient (Wildman–Crippen LogP) is 0.939. The fraction of sp³-hybridized carbons (Fsp3) is 0.571. The first kappa shape index (κ1) is 14.0. The topological polar surface area (TPSA) is 94.1 Å². The summed E-state index contributed by atoms with van der Waals surface area (Å²) in [6.45, 7) is 1.18. The van der Waals surface area contributed by atoms with Crippen molar-refractivity contribution in [1.29, 1.82) is 0 Å². The third-order valence-corrected chi connectivity index (χ3v) is 3.26. The Morgan fingerprint density at radius 1 is 1.27 bits per heavy atom. The van der Waals surface area contributed by atoms with Gasteiger partial charge in [0.25, 0.3) is 0 Å². The molecular formula is C7H14NO6P. The maximum absolute atomic E-state index is 11.8. The average molecular weight is 239 g/mol. The van der Waals surface area contributed by atoms with Gasteiger partial charge in [-0.2, -0.15) is 0 Å². The van der Waals surface area contributed by atoms with Gasteiger partial charge in [-0.05, 0) is 0 Å². The maximum atomic E-state index is 11.8. The Balaban J connectivity index is 5.29. The van der Waals surface area contributed by atoms with Crippen molar-refractivity contribution in [3.05, 3.63) is 11.4 Å². The lowest BCUT2D eigenvalue weighted by Gasteiger charge is -2.17. The summed E-state index contributed by atoms with van der Waals surface area (Å²) >= 11 is 0. The third kappa shape index (κ3) is 3.54. The summed E-state index contributed by atoms with van der Waals surface area (Å²) in [5, 5.41) is 11.4. The number of amides is 1. The lowest BCUT2D eigenvalue weighted by molar-refractivity contribution is -0.118. The highest BCUT2D eigenvalue weighted by Crippen LogP contribution is 2.54. The van der Waals surface area contributed by atoms with E-state index in [1.165, 1.54) is 6.92 Å². The highest BCUT2D eigenvalue weighted by molar-refractivity contribution is 7.58. The number of carbonyl (C=O) groups excluding carboxylic acids is 1. The van der Waals surface area contributed by atoms with Crippen molar-refractivity contribution in [2.45, 2.75) is 6.92 Å². The SMILES string of the molecule is CO/C(O)=C(/NC(C)=O)P(=O)(OC)OC. The van der Waals surface area contributed by atoms with E-state index < -0.39 is 24.9 Å². The van der Waals surface area contributed by atoms with Crippen LogP contribution >= 0.6 is 7.60 Å². The van der Waals surface area contributed by atoms with Crippen LogP contribution < -0.4 is 5.32 Å². The van der Waals surface area contributed by atoms with E-state index >= 15 is 0 Å². The van der Waals surface area contributed by atoms with Crippen LogP contribution in [0.5, 0.6) is 0 Å². The Morgan fingerprint density at radius 2 is 1.73 bits per heavy atom. The average Bonchev–Trinajstić information content (AvgIpc) is 2.23. The minimum absolute atomic E-state index is 0.428. The Bertz CT molecular complexity index is 305. The van der Waals surface area contributed by atoms with Crippen molar-refractivity contribution in [2.24, 2.45) is 0 Å². The van der Waals surface area contributed by atoms with Gasteiger partial charge in [0.1, 0.15) is 0 Å². The predicted molar refractivity (Wildman–Crippen MR) is 52.1 cm³/mol. The van der Waals surface area contributed by atoms with Crippen LogP contribution in [-0.4, -0.2) is 32.3 Å². The summed E-state index contributed by atoms with van der Waals surface area (Å²) in [5.74, 6) is -1.26. The molecule has 0 saturated heterocycles. The normalized spacial score (nSPS) is 13.1. The molecule has 1 amide bonds. The molecule has 0 spiro atoms. The summed E-state index contributed by atoms with van der Waals surface area (Å²) in [4.78, 5) is 10.8. The number of nitrogens with one attached hydrogen (secondary N) is 1. The van der Waals surface area contributed by atoms with Crippen molar-refractivity contribution >= 4 is 13.5 Å². The number of aliphatic hydroxyl groups excluding tert-OH is 1. The fourth-order valence-electron chi connectivity index (χ4n) is 0.760. The highest BCUT2D eigenvalue weighted by Gasteiger charge is 2.33. The van der Waals surface area contributed by atoms with Gasteiger partial charge in [-0.3, -0.25) is 9.36 Å². The first-order valence-electron chi connectivity index (χ1n) is 3.88. The van der Waals surface area contributed by atoms with Crippen molar-refractivity contribution in [1.82, 2.24) is 5.32 Å². The second-order valence-electron chi connectivity index (χ2n) is 2.40. The van der Waals surface area contributed by atoms with Crippen molar-refractivity contribution < 1.29 is 28.3 Å². The van der Waals surface area contributed by atoms with E-state index in [0.29, 0.717) is 0 Å². The second kappa shape index (κ2) is 5.75. The van der Waals surface area contributed by atoms with Crippen molar-refractivity contribution in [2.75, 3.05) is 21.3 Å². The largest absolute Gasteiger partial charge is 0.479 e. The van der Waals surface area contributed by atoms with E-state index in [1.807, 2.05) is 0 Å². The van der Waals surface area contributed by atoms with Gasteiger partial charge in [0.15, 0.2) is 0 Å². The van der Waals surface area contributed by atoms with E-state index in [-0.39, 0.29) is 0 Å². The lowest BCUT2D eigenvalue weighted by Crippen LogP contribution is -2.22. The molecular weight excluding hydrogens is 225 g/mol. The van der Waals surface area contributed by atoms with E-state index in [4.69, 9.17) is 0 Å². The zero-order valence-electron chi connectivity index (χ0n) is 8.94. The number of methoxy groups -OCH3 is 1. The molecule has 0 aliphatic heterocycles. The van der Waals surface area contributed by atoms with E-state index in [0.717, 1.165) is 21.3 Å². The molecule has 0 rings (SSSR count). The van der Waals surface area contributed by atoms with Crippen LogP contribution in [-0.2, 0) is 23.1 Å². The van der Waals surface area contributed by atoms with Crippen LogP contribution in [0, 0.1) is 0 Å². The first-order valence-corrected chi connectivity index (χ1v) is 5.42. The zero-order chi connectivity index (χ0) is 12.1. The third-order valence-electron chi connectivity index (χ3n) is 1.44. The molecule has 0 fully saturated rings. The van der Waals surface area contributed by atoms with Crippen molar-refractivity contribution in [3.8, 4) is 0 Å². The number of rotatable bonds is 5. The molecule has 0 aromatic heterocycles. The first-order chi connectivity index (χ1) is 6.91. The van der Waals surface area contributed by atoms with Crippen LogP contribution in [0.3, 0.4) is 0 Å². The van der Waals surface area contributed by atoms with Gasteiger partial charge < -0.3 is 24.2 Å². The Morgan fingerprint density at radius 3 is 2.00 bits per heavy atom. The van der Waals surface area contributed by atoms with E-state index in [9.17, 15) is 14.5 Å². The summed E-state index contributed by atoms with van der Waals surface area (Å²) in [5.41, 5.74) is -0.428. The molecule has 0 aromatic carbocycles. The maximum Gasteiger partial charge on any atom is 0.384 e. The van der Waals surface area contributed by atoms with Crippen LogP contribution in [0.1, 0.15) is 6.92 Å². The van der Waals surface area contributed by atoms with Crippen LogP contribution in [0.2, 0.25) is 0 Å². The molecule has 88 valence electrons. The quantitative estimate of drug-likeness (QED) is 0.547. The van der Waals surface area contributed by atoms with Gasteiger partial charge in [-0.1, -0.05) is 0 Å². The molecule has 7 nitrogen and oxygen atoms in total. The smallest absolute Gasteiger partial charge is 0.384 e. The second-order valence-corrected chi connectivity index (χ2v) is 4.57. The minimum atomic E-state index is -3.75. The highest BCUT2D eigenvalue weighted by atomic mass is 31.2. The molecule has 0 heterocycles. The number of ether oxygens (including phenoxy) is 1. The molecule has 2 N–H and O–H groups in total. The monoisotopic (exact) mass is 239 g/mol. The summed E-state index contributed by atoms with van der Waals surface area (Å²) in [7, 11) is -0.359. The molecule has 0 radical (unpaired) electrons. The zero-order valence-corrected chi connectivity index (χ0v) is 9.83. The fourth-order valence-corrected chi connectivity index (χ4v) is 1.89. The summed E-state index contributed by atoms with van der Waals surface area (Å²) in [6.07, 6.45) is 0. The molecule has 15 heavy (non-hydrogen) atoms. The van der Waals surface area contributed by atoms with Gasteiger partial charge in [-0.15, -0.1) is 0 Å². The Labute approximate surface area is 87.5 Å². The number of aliphatic hydroxyl groups is 1. The number of hydrogen-bond donors (Lipinski definition) is 2. The van der Waals surface area contributed by atoms with E-state index in [2.05, 4.69) is 19.1 Å². The Hall–Kier alpha value is -1.04. The number of carbonyl (C=O) groups is 1. The van der Waals surface area contributed by atoms with Gasteiger partial charge >= 0.3 is 13.5 Å². The molecule has 0 saturated carbocycles. The summed E-state index contributed by atoms with van der Waals surface area (Å²) < 4.78 is 25.5. The number of hydrogen-bond acceptors (Lipinski definition) is 6. The van der Waals surface area contributed by atoms with Gasteiger partial charge in [-0.25, -0.2) is 0 Å². The van der Waals surface area contributed by atoms with E-state index in [1.54, 1.807) is 0 Å². The van der Waals surface area contributed by atoms with Crippen LogP contribution in [0.15, 0.2) is 11.4 Å². The molecule has 0 aromatic rings. The molecule has 0 atom stereocenters. The molecule has 0 bridgehead atoms. The minimum Gasteiger partial charge on any atom is -0.479 e. The Kier molecular flexibility index (Phi) is 5.35. The molecule has 0 unspecified atom stereocenters. The van der Waals surface area contributed by atoms with Crippen molar-refractivity contribution in [3.63, 3.8) is 0 Å². The standard InChI is InChI=1S/C7H14NO6P/c1-5(9)8-6(7(10)12-2)15(11,13-3)14-4/h10H,1-4H3,(H,8,9)/b7-6-. The van der Waals surface area contributed by atoms with Gasteiger partial charge in [0, 0.05) is 21.1 Å². The van der Waals surface area contributed by atoms with Gasteiger partial charge in [0.05, 0.1) is 7.11 Å². The lowest BCUT2D eigenvalue weighted by atomic mass is 10.7.